The zero-order valence-electron chi connectivity index (χ0n) is 5.92. The van der Waals surface area contributed by atoms with Crippen LogP contribution in [0.5, 0.6) is 0 Å². The Labute approximate surface area is 60.4 Å². The summed E-state index contributed by atoms with van der Waals surface area (Å²) in [6, 6.07) is 0.209. The average Bonchev–Trinajstić information content (AvgIpc) is 1.88. The van der Waals surface area contributed by atoms with Crippen molar-refractivity contribution in [3.05, 3.63) is 0 Å². The summed E-state index contributed by atoms with van der Waals surface area (Å²) in [5.74, 6) is 0. The predicted octanol–water partition coefficient (Wildman–Crippen LogP) is 0.0359. The van der Waals surface area contributed by atoms with Gasteiger partial charge in [-0.2, -0.15) is 0 Å². The van der Waals surface area contributed by atoms with Crippen molar-refractivity contribution in [2.45, 2.75) is 37.8 Å². The van der Waals surface area contributed by atoms with Crippen molar-refractivity contribution in [2.24, 2.45) is 0 Å². The highest BCUT2D eigenvalue weighted by Crippen LogP contribution is 2.17. The molecule has 0 aromatic rings. The predicted molar refractivity (Wildman–Crippen MR) is 37.5 cm³/mol. The normalized spacial score (nSPS) is 33.3. The number of carbonyl (C=O) groups is 1. The Morgan fingerprint density at radius 2 is 2.30 bits per heavy atom. The van der Waals surface area contributed by atoms with Crippen LogP contribution in [0.1, 0.15) is 25.7 Å². The van der Waals surface area contributed by atoms with Crippen molar-refractivity contribution in [1.82, 2.24) is 5.32 Å². The summed E-state index contributed by atoms with van der Waals surface area (Å²) in [6.07, 6.45) is 4.15. The zero-order chi connectivity index (χ0) is 7.40. The summed E-state index contributed by atoms with van der Waals surface area (Å²) in [5, 5.41) is 11.8. The van der Waals surface area contributed by atoms with Gasteiger partial charge < -0.3 is 10.4 Å². The van der Waals surface area contributed by atoms with Crippen LogP contribution in [0.4, 0.5) is 0 Å². The van der Waals surface area contributed by atoms with Crippen LogP contribution in [0.15, 0.2) is 0 Å². The molecular weight excluding hydrogens is 130 g/mol. The van der Waals surface area contributed by atoms with Crippen LogP contribution in [0, 0.1) is 0 Å². The van der Waals surface area contributed by atoms with E-state index in [1.54, 1.807) is 0 Å². The summed E-state index contributed by atoms with van der Waals surface area (Å²) < 4.78 is 0. The second-order valence-electron chi connectivity index (χ2n) is 2.80. The molecule has 2 atom stereocenters. The van der Waals surface area contributed by atoms with Gasteiger partial charge >= 0.3 is 0 Å². The van der Waals surface area contributed by atoms with Crippen LogP contribution in [0.2, 0.25) is 0 Å². The van der Waals surface area contributed by atoms with E-state index in [0.29, 0.717) is 6.41 Å². The van der Waals surface area contributed by atoms with E-state index in [1.807, 2.05) is 0 Å². The quantitative estimate of drug-likeness (QED) is 0.536. The number of hydrogen-bond donors (Lipinski definition) is 2. The molecule has 0 heterocycles. The van der Waals surface area contributed by atoms with Crippen LogP contribution in [0.25, 0.3) is 0 Å². The Hall–Kier alpha value is -0.570. The minimum Gasteiger partial charge on any atom is -0.393 e. The minimum atomic E-state index is -0.203. The molecule has 58 valence electrons. The van der Waals surface area contributed by atoms with Gasteiger partial charge in [-0.05, 0) is 25.7 Å². The number of hydrogen-bond acceptors (Lipinski definition) is 2. The van der Waals surface area contributed by atoms with Gasteiger partial charge in [-0.15, -0.1) is 0 Å². The number of aliphatic hydroxyl groups excluding tert-OH is 1. The fourth-order valence-electron chi connectivity index (χ4n) is 1.41. The van der Waals surface area contributed by atoms with Crippen LogP contribution in [-0.4, -0.2) is 23.7 Å². The Balaban J connectivity index is 2.24. The Kier molecular flexibility index (Phi) is 2.68. The van der Waals surface area contributed by atoms with Gasteiger partial charge in [-0.1, -0.05) is 0 Å². The van der Waals surface area contributed by atoms with Crippen molar-refractivity contribution in [3.63, 3.8) is 0 Å². The highest BCUT2D eigenvalue weighted by atomic mass is 16.3. The van der Waals surface area contributed by atoms with Crippen molar-refractivity contribution >= 4 is 6.41 Å². The van der Waals surface area contributed by atoms with E-state index in [9.17, 15) is 4.79 Å². The van der Waals surface area contributed by atoms with E-state index < -0.39 is 0 Å². The molecule has 0 saturated heterocycles. The molecule has 0 unspecified atom stereocenters. The maximum atomic E-state index is 9.99. The van der Waals surface area contributed by atoms with Gasteiger partial charge in [0.05, 0.1) is 6.10 Å². The summed E-state index contributed by atoms with van der Waals surface area (Å²) in [4.78, 5) is 9.99. The maximum absolute atomic E-state index is 9.99. The van der Waals surface area contributed by atoms with Gasteiger partial charge in [0.1, 0.15) is 0 Å². The Bertz CT molecular complexity index is 116. The van der Waals surface area contributed by atoms with Gasteiger partial charge in [0, 0.05) is 6.04 Å². The lowest BCUT2D eigenvalue weighted by molar-refractivity contribution is -0.110. The number of amides is 1. The van der Waals surface area contributed by atoms with E-state index in [0.717, 1.165) is 25.7 Å². The molecular formula is C7H13NO2. The van der Waals surface area contributed by atoms with Gasteiger partial charge in [-0.3, -0.25) is 4.79 Å². The molecule has 1 aliphatic rings. The molecule has 1 aliphatic carbocycles. The minimum absolute atomic E-state index is 0.203. The lowest BCUT2D eigenvalue weighted by Crippen LogP contribution is -2.34. The summed E-state index contributed by atoms with van der Waals surface area (Å²) in [6.45, 7) is 0. The van der Waals surface area contributed by atoms with Crippen LogP contribution >= 0.6 is 0 Å². The third-order valence-electron chi connectivity index (χ3n) is 1.95. The van der Waals surface area contributed by atoms with Crippen molar-refractivity contribution in [3.8, 4) is 0 Å². The van der Waals surface area contributed by atoms with Crippen molar-refractivity contribution in [2.75, 3.05) is 0 Å². The number of aliphatic hydroxyl groups is 1. The van der Waals surface area contributed by atoms with Crippen LogP contribution in [0.3, 0.4) is 0 Å². The first-order valence-electron chi connectivity index (χ1n) is 3.70. The standard InChI is InChI=1S/C7H13NO2/c9-5-8-6-2-1-3-7(10)4-6/h5-7,10H,1-4H2,(H,8,9)/t6-,7+/m1/s1. The van der Waals surface area contributed by atoms with Gasteiger partial charge in [0.25, 0.3) is 0 Å². The summed E-state index contributed by atoms with van der Waals surface area (Å²) in [7, 11) is 0. The average molecular weight is 143 g/mol. The first kappa shape index (κ1) is 7.54. The molecule has 2 N–H and O–H groups in total. The molecule has 10 heavy (non-hydrogen) atoms. The number of nitrogens with one attached hydrogen (secondary N) is 1. The molecule has 1 saturated carbocycles. The molecule has 0 aliphatic heterocycles. The molecule has 0 aromatic heterocycles. The largest absolute Gasteiger partial charge is 0.393 e. The molecule has 0 aromatic carbocycles. The SMILES string of the molecule is O=CN[C@@H]1CCC[C@H](O)C1. The number of rotatable bonds is 2. The molecule has 3 heteroatoms. The van der Waals surface area contributed by atoms with Crippen LogP contribution < -0.4 is 5.32 Å². The molecule has 0 radical (unpaired) electrons. The molecule has 1 fully saturated rings. The topological polar surface area (TPSA) is 49.3 Å². The fraction of sp³-hybridized carbons (Fsp3) is 0.857. The molecule has 1 rings (SSSR count). The van der Waals surface area contributed by atoms with E-state index in [1.165, 1.54) is 0 Å². The zero-order valence-corrected chi connectivity index (χ0v) is 5.92. The fourth-order valence-corrected chi connectivity index (χ4v) is 1.41. The third-order valence-corrected chi connectivity index (χ3v) is 1.95. The number of carbonyl (C=O) groups excluding carboxylic acids is 1. The van der Waals surface area contributed by atoms with Gasteiger partial charge in [0.2, 0.25) is 6.41 Å². The first-order chi connectivity index (χ1) is 4.83. The summed E-state index contributed by atoms with van der Waals surface area (Å²) >= 11 is 0. The van der Waals surface area contributed by atoms with Gasteiger partial charge in [0.15, 0.2) is 0 Å². The lowest BCUT2D eigenvalue weighted by atomic mass is 9.93. The van der Waals surface area contributed by atoms with E-state index in [4.69, 9.17) is 5.11 Å². The Morgan fingerprint density at radius 1 is 1.50 bits per heavy atom. The third kappa shape index (κ3) is 1.99. The molecule has 0 spiro atoms. The first-order valence-corrected chi connectivity index (χ1v) is 3.70. The summed E-state index contributed by atoms with van der Waals surface area (Å²) in [5.41, 5.74) is 0. The highest BCUT2D eigenvalue weighted by Gasteiger charge is 2.18. The lowest BCUT2D eigenvalue weighted by Gasteiger charge is -2.24. The van der Waals surface area contributed by atoms with E-state index in [-0.39, 0.29) is 12.1 Å². The second-order valence-corrected chi connectivity index (χ2v) is 2.80. The second kappa shape index (κ2) is 3.56. The van der Waals surface area contributed by atoms with Crippen molar-refractivity contribution in [1.29, 1.82) is 0 Å². The molecule has 0 bridgehead atoms. The molecule has 3 nitrogen and oxygen atoms in total. The van der Waals surface area contributed by atoms with Crippen LogP contribution in [-0.2, 0) is 4.79 Å². The monoisotopic (exact) mass is 143 g/mol. The smallest absolute Gasteiger partial charge is 0.207 e. The van der Waals surface area contributed by atoms with Gasteiger partial charge in [-0.25, -0.2) is 0 Å². The Morgan fingerprint density at radius 3 is 2.90 bits per heavy atom. The maximum Gasteiger partial charge on any atom is 0.207 e. The molecule has 1 amide bonds. The van der Waals surface area contributed by atoms with E-state index in [2.05, 4.69) is 5.32 Å². The van der Waals surface area contributed by atoms with Crippen molar-refractivity contribution < 1.29 is 9.90 Å². The van der Waals surface area contributed by atoms with E-state index >= 15 is 0 Å². The highest BCUT2D eigenvalue weighted by molar-refractivity contribution is 5.46.